The first-order valence-corrected chi connectivity index (χ1v) is 9.41. The molecule has 4 aromatic heterocycles. The molecule has 0 saturated carbocycles. The molecule has 4 rings (SSSR count). The van der Waals surface area contributed by atoms with Gasteiger partial charge in [0.2, 0.25) is 5.95 Å². The van der Waals surface area contributed by atoms with Crippen LogP contribution in [0.5, 0.6) is 0 Å². The van der Waals surface area contributed by atoms with Crippen LogP contribution in [0.3, 0.4) is 0 Å². The molecule has 0 aliphatic rings. The van der Waals surface area contributed by atoms with E-state index in [2.05, 4.69) is 37.2 Å². The van der Waals surface area contributed by atoms with E-state index in [0.29, 0.717) is 23.6 Å². The molecule has 9 heteroatoms. The molecule has 0 amide bonds. The minimum absolute atomic E-state index is 0.183. The zero-order valence-corrected chi connectivity index (χ0v) is 15.8. The number of rotatable bonds is 5. The Balaban J connectivity index is 1.62. The zero-order valence-electron chi connectivity index (χ0n) is 15.0. The van der Waals surface area contributed by atoms with Crippen molar-refractivity contribution < 1.29 is 0 Å². The van der Waals surface area contributed by atoms with Gasteiger partial charge in [0.05, 0.1) is 24.1 Å². The highest BCUT2D eigenvalue weighted by atomic mass is 32.1. The fourth-order valence-corrected chi connectivity index (χ4v) is 3.41. The summed E-state index contributed by atoms with van der Waals surface area (Å²) in [5.41, 5.74) is 10.8. The number of nitrogen functional groups attached to an aromatic ring is 1. The molecule has 136 valence electrons. The average molecular weight is 378 g/mol. The van der Waals surface area contributed by atoms with Crippen molar-refractivity contribution in [2.24, 2.45) is 0 Å². The second-order valence-corrected chi connectivity index (χ2v) is 6.92. The molecule has 0 aliphatic heterocycles. The van der Waals surface area contributed by atoms with Gasteiger partial charge in [0.15, 0.2) is 0 Å². The normalized spacial score (nSPS) is 11.0. The fraction of sp³-hybridized carbons (Fsp3) is 0.222. The van der Waals surface area contributed by atoms with Gasteiger partial charge in [-0.1, -0.05) is 18.2 Å². The Morgan fingerprint density at radius 1 is 1.04 bits per heavy atom. The van der Waals surface area contributed by atoms with Gasteiger partial charge in [0.25, 0.3) is 0 Å². The molecular weight excluding hydrogens is 360 g/mol. The maximum absolute atomic E-state index is 5.89. The highest BCUT2D eigenvalue weighted by Crippen LogP contribution is 2.25. The molecule has 0 radical (unpaired) electrons. The second-order valence-electron chi connectivity index (χ2n) is 6.07. The number of anilines is 1. The quantitative estimate of drug-likeness (QED) is 0.569. The molecule has 0 fully saturated rings. The van der Waals surface area contributed by atoms with Gasteiger partial charge in [-0.15, -0.1) is 16.4 Å². The maximum Gasteiger partial charge on any atom is 0.221 e. The number of aromatic nitrogens is 7. The number of thiazole rings is 1. The SMILES string of the molecule is CCc1cccc(Cn2cc(-c3cc(-c4nc(C)cs4)nc(N)n3)nn2)n1. The van der Waals surface area contributed by atoms with Gasteiger partial charge >= 0.3 is 0 Å². The maximum atomic E-state index is 5.89. The number of nitrogens with zero attached hydrogens (tertiary/aromatic N) is 7. The fourth-order valence-electron chi connectivity index (χ4n) is 2.65. The lowest BCUT2D eigenvalue weighted by Gasteiger charge is -2.03. The standard InChI is InChI=1S/C18H18N8S/c1-3-12-5-4-6-13(21-12)8-26-9-16(24-25-26)14-7-15(23-18(19)22-14)17-20-11(2)10-27-17/h4-7,9-10H,3,8H2,1-2H3,(H2,19,22,23). The van der Waals surface area contributed by atoms with Crippen LogP contribution in [0.2, 0.25) is 0 Å². The van der Waals surface area contributed by atoms with Gasteiger partial charge in [-0.25, -0.2) is 19.6 Å². The van der Waals surface area contributed by atoms with Crippen LogP contribution >= 0.6 is 11.3 Å². The molecule has 0 atom stereocenters. The summed E-state index contributed by atoms with van der Waals surface area (Å²) in [4.78, 5) is 17.6. The lowest BCUT2D eigenvalue weighted by atomic mass is 10.2. The molecule has 0 bridgehead atoms. The van der Waals surface area contributed by atoms with Crippen molar-refractivity contribution >= 4 is 17.3 Å². The lowest BCUT2D eigenvalue weighted by molar-refractivity contribution is 0.636. The summed E-state index contributed by atoms with van der Waals surface area (Å²) in [6, 6.07) is 7.83. The van der Waals surface area contributed by atoms with Crippen LogP contribution in [0, 0.1) is 6.92 Å². The largest absolute Gasteiger partial charge is 0.368 e. The van der Waals surface area contributed by atoms with E-state index in [1.165, 1.54) is 11.3 Å². The second kappa shape index (κ2) is 7.20. The van der Waals surface area contributed by atoms with Crippen molar-refractivity contribution in [2.45, 2.75) is 26.8 Å². The molecule has 8 nitrogen and oxygen atoms in total. The Morgan fingerprint density at radius 2 is 1.85 bits per heavy atom. The van der Waals surface area contributed by atoms with Gasteiger partial charge in [0.1, 0.15) is 16.4 Å². The van der Waals surface area contributed by atoms with E-state index in [9.17, 15) is 0 Å². The summed E-state index contributed by atoms with van der Waals surface area (Å²) in [6.07, 6.45) is 2.73. The number of aryl methyl sites for hydroxylation is 2. The third-order valence-corrected chi connectivity index (χ3v) is 4.92. The Bertz CT molecular complexity index is 1080. The number of hydrogen-bond acceptors (Lipinski definition) is 8. The average Bonchev–Trinajstić information content (AvgIpc) is 3.30. The summed E-state index contributed by atoms with van der Waals surface area (Å²) in [7, 11) is 0. The number of nitrogens with two attached hydrogens (primary N) is 1. The molecular formula is C18H18N8S. The minimum atomic E-state index is 0.183. The van der Waals surface area contributed by atoms with E-state index < -0.39 is 0 Å². The minimum Gasteiger partial charge on any atom is -0.368 e. The monoisotopic (exact) mass is 378 g/mol. The van der Waals surface area contributed by atoms with Gasteiger partial charge in [-0.3, -0.25) is 4.98 Å². The van der Waals surface area contributed by atoms with Crippen molar-refractivity contribution in [1.29, 1.82) is 0 Å². The molecule has 27 heavy (non-hydrogen) atoms. The zero-order chi connectivity index (χ0) is 18.8. The van der Waals surface area contributed by atoms with Crippen LogP contribution in [0.1, 0.15) is 24.0 Å². The van der Waals surface area contributed by atoms with E-state index in [-0.39, 0.29) is 5.95 Å². The van der Waals surface area contributed by atoms with Crippen molar-refractivity contribution in [3.05, 3.63) is 52.9 Å². The van der Waals surface area contributed by atoms with Crippen molar-refractivity contribution in [3.63, 3.8) is 0 Å². The Morgan fingerprint density at radius 3 is 2.63 bits per heavy atom. The first kappa shape index (κ1) is 17.2. The summed E-state index contributed by atoms with van der Waals surface area (Å²) in [5.74, 6) is 0.183. The third kappa shape index (κ3) is 3.82. The Labute approximate surface area is 160 Å². The van der Waals surface area contributed by atoms with Crippen molar-refractivity contribution in [3.8, 4) is 22.1 Å². The van der Waals surface area contributed by atoms with E-state index >= 15 is 0 Å². The van der Waals surface area contributed by atoms with Gasteiger partial charge in [0, 0.05) is 16.8 Å². The van der Waals surface area contributed by atoms with Crippen LogP contribution in [-0.4, -0.2) is 34.9 Å². The van der Waals surface area contributed by atoms with Crippen LogP contribution in [0.25, 0.3) is 22.1 Å². The first-order valence-electron chi connectivity index (χ1n) is 8.53. The predicted octanol–water partition coefficient (Wildman–Crippen LogP) is 2.75. The van der Waals surface area contributed by atoms with E-state index in [1.54, 1.807) is 4.68 Å². The molecule has 0 unspecified atom stereocenters. The van der Waals surface area contributed by atoms with Gasteiger partial charge in [-0.05, 0) is 31.5 Å². The molecule has 0 spiro atoms. The lowest BCUT2D eigenvalue weighted by Crippen LogP contribution is -2.03. The molecule has 2 N–H and O–H groups in total. The smallest absolute Gasteiger partial charge is 0.221 e. The number of pyridine rings is 1. The third-order valence-electron chi connectivity index (χ3n) is 3.93. The van der Waals surface area contributed by atoms with E-state index in [1.807, 2.05) is 42.8 Å². The summed E-state index contributed by atoms with van der Waals surface area (Å²) in [5, 5.41) is 11.2. The number of hydrogen-bond donors (Lipinski definition) is 1. The van der Waals surface area contributed by atoms with E-state index in [0.717, 1.165) is 28.5 Å². The Hall–Kier alpha value is -3.20. The highest BCUT2D eigenvalue weighted by Gasteiger charge is 2.12. The Kier molecular flexibility index (Phi) is 4.59. The first-order chi connectivity index (χ1) is 13.1. The van der Waals surface area contributed by atoms with Gasteiger partial charge in [-0.2, -0.15) is 0 Å². The molecule has 4 aromatic rings. The van der Waals surface area contributed by atoms with Crippen LogP contribution in [0.4, 0.5) is 5.95 Å². The van der Waals surface area contributed by atoms with Crippen LogP contribution in [0.15, 0.2) is 35.8 Å². The highest BCUT2D eigenvalue weighted by molar-refractivity contribution is 7.13. The van der Waals surface area contributed by atoms with E-state index in [4.69, 9.17) is 5.73 Å². The molecule has 4 heterocycles. The summed E-state index contributed by atoms with van der Waals surface area (Å²) in [6.45, 7) is 4.57. The van der Waals surface area contributed by atoms with Crippen LogP contribution in [-0.2, 0) is 13.0 Å². The summed E-state index contributed by atoms with van der Waals surface area (Å²) < 4.78 is 1.74. The molecule has 0 saturated heterocycles. The molecule has 0 aliphatic carbocycles. The molecule has 0 aromatic carbocycles. The van der Waals surface area contributed by atoms with Crippen molar-refractivity contribution in [1.82, 2.24) is 34.9 Å². The van der Waals surface area contributed by atoms with Crippen molar-refractivity contribution in [2.75, 3.05) is 5.73 Å². The summed E-state index contributed by atoms with van der Waals surface area (Å²) >= 11 is 1.52. The topological polar surface area (TPSA) is 108 Å². The van der Waals surface area contributed by atoms with Gasteiger partial charge < -0.3 is 5.73 Å². The predicted molar refractivity (Wildman–Crippen MR) is 104 cm³/mol. The van der Waals surface area contributed by atoms with Crippen LogP contribution < -0.4 is 5.73 Å².